The molecule has 31 heavy (non-hydrogen) atoms. The summed E-state index contributed by atoms with van der Waals surface area (Å²) < 4.78 is 6.17. The standard InChI is InChI=1S/C21H11BrCl4N2O3/c22-12-1-6-19(31-21(30)16-5-3-14(24)9-18(16)26)11(7-12)10-27-28-20(29)15-4-2-13(23)8-17(15)25/h1-10H,(H,28,29)/b27-10-. The number of carbonyl (C=O) groups excluding carboxylic acids is 2. The van der Waals surface area contributed by atoms with Crippen LogP contribution in [0.2, 0.25) is 20.1 Å². The van der Waals surface area contributed by atoms with Crippen molar-refractivity contribution in [1.82, 2.24) is 5.43 Å². The van der Waals surface area contributed by atoms with E-state index in [4.69, 9.17) is 51.1 Å². The zero-order chi connectivity index (χ0) is 22.5. The number of hydrogen-bond acceptors (Lipinski definition) is 4. The minimum Gasteiger partial charge on any atom is -0.422 e. The van der Waals surface area contributed by atoms with Gasteiger partial charge in [-0.3, -0.25) is 4.79 Å². The maximum atomic E-state index is 12.5. The van der Waals surface area contributed by atoms with Crippen LogP contribution < -0.4 is 10.2 Å². The van der Waals surface area contributed by atoms with E-state index in [2.05, 4.69) is 26.5 Å². The second-order valence-electron chi connectivity index (χ2n) is 6.02. The van der Waals surface area contributed by atoms with E-state index in [0.717, 1.165) is 0 Å². The second-order valence-corrected chi connectivity index (χ2v) is 8.62. The van der Waals surface area contributed by atoms with Gasteiger partial charge in [0.15, 0.2) is 0 Å². The normalized spacial score (nSPS) is 10.9. The van der Waals surface area contributed by atoms with Crippen LogP contribution in [0, 0.1) is 0 Å². The molecule has 3 aromatic rings. The average Bonchev–Trinajstić information content (AvgIpc) is 2.69. The van der Waals surface area contributed by atoms with Gasteiger partial charge in [0.25, 0.3) is 5.91 Å². The Balaban J connectivity index is 1.78. The Morgan fingerprint density at radius 1 is 0.871 bits per heavy atom. The summed E-state index contributed by atoms with van der Waals surface area (Å²) in [6.07, 6.45) is 1.33. The maximum absolute atomic E-state index is 12.5. The van der Waals surface area contributed by atoms with Crippen molar-refractivity contribution in [3.05, 3.63) is 95.9 Å². The van der Waals surface area contributed by atoms with Gasteiger partial charge in [-0.25, -0.2) is 10.2 Å². The van der Waals surface area contributed by atoms with Crippen molar-refractivity contribution < 1.29 is 14.3 Å². The number of amides is 1. The third-order valence-electron chi connectivity index (χ3n) is 3.87. The maximum Gasteiger partial charge on any atom is 0.345 e. The summed E-state index contributed by atoms with van der Waals surface area (Å²) >= 11 is 27.1. The second kappa shape index (κ2) is 10.5. The molecule has 0 aliphatic heterocycles. The molecule has 1 N–H and O–H groups in total. The fourth-order valence-corrected chi connectivity index (χ4v) is 3.78. The highest BCUT2D eigenvalue weighted by Crippen LogP contribution is 2.26. The largest absolute Gasteiger partial charge is 0.422 e. The lowest BCUT2D eigenvalue weighted by molar-refractivity contribution is 0.0734. The first-order chi connectivity index (χ1) is 14.7. The first kappa shape index (κ1) is 23.6. The zero-order valence-electron chi connectivity index (χ0n) is 15.3. The van der Waals surface area contributed by atoms with Crippen LogP contribution in [-0.2, 0) is 0 Å². The van der Waals surface area contributed by atoms with Gasteiger partial charge in [-0.1, -0.05) is 62.3 Å². The van der Waals surface area contributed by atoms with Gasteiger partial charge in [-0.2, -0.15) is 5.10 Å². The fraction of sp³-hybridized carbons (Fsp3) is 0. The molecule has 0 spiro atoms. The lowest BCUT2D eigenvalue weighted by atomic mass is 10.2. The molecule has 0 saturated heterocycles. The minimum atomic E-state index is -0.671. The van der Waals surface area contributed by atoms with E-state index in [1.165, 1.54) is 36.5 Å². The molecule has 0 atom stereocenters. The van der Waals surface area contributed by atoms with Crippen molar-refractivity contribution in [2.24, 2.45) is 5.10 Å². The first-order valence-electron chi connectivity index (χ1n) is 8.50. The number of benzene rings is 3. The molecule has 1 amide bonds. The fourth-order valence-electron chi connectivity index (χ4n) is 2.42. The van der Waals surface area contributed by atoms with Gasteiger partial charge in [0.1, 0.15) is 5.75 Å². The van der Waals surface area contributed by atoms with Crippen LogP contribution in [0.3, 0.4) is 0 Å². The summed E-state index contributed by atoms with van der Waals surface area (Å²) in [6, 6.07) is 13.9. The van der Waals surface area contributed by atoms with Gasteiger partial charge >= 0.3 is 5.97 Å². The summed E-state index contributed by atoms with van der Waals surface area (Å²) in [5.74, 6) is -0.989. The molecule has 0 heterocycles. The van der Waals surface area contributed by atoms with Crippen LogP contribution in [0.15, 0.2) is 64.2 Å². The van der Waals surface area contributed by atoms with Gasteiger partial charge in [-0.05, 0) is 54.6 Å². The molecule has 0 aromatic heterocycles. The zero-order valence-corrected chi connectivity index (χ0v) is 19.9. The van der Waals surface area contributed by atoms with E-state index in [1.807, 2.05) is 0 Å². The summed E-state index contributed by atoms with van der Waals surface area (Å²) in [5.41, 5.74) is 3.16. The molecule has 3 aromatic carbocycles. The molecule has 0 bridgehead atoms. The summed E-state index contributed by atoms with van der Waals surface area (Å²) in [4.78, 5) is 24.8. The molecule has 0 fully saturated rings. The van der Waals surface area contributed by atoms with Gasteiger partial charge in [0, 0.05) is 20.1 Å². The number of rotatable bonds is 5. The molecule has 5 nitrogen and oxygen atoms in total. The van der Waals surface area contributed by atoms with Crippen LogP contribution in [-0.4, -0.2) is 18.1 Å². The highest BCUT2D eigenvalue weighted by atomic mass is 79.9. The predicted molar refractivity (Wildman–Crippen MR) is 127 cm³/mol. The third kappa shape index (κ3) is 6.21. The third-order valence-corrected chi connectivity index (χ3v) is 5.46. The highest BCUT2D eigenvalue weighted by molar-refractivity contribution is 9.10. The number of ether oxygens (including phenoxy) is 1. The van der Waals surface area contributed by atoms with Crippen LogP contribution in [0.4, 0.5) is 0 Å². The Kier molecular flexibility index (Phi) is 7.97. The van der Waals surface area contributed by atoms with Crippen molar-refractivity contribution in [1.29, 1.82) is 0 Å². The number of carbonyl (C=O) groups is 2. The molecular weight excluding hydrogens is 550 g/mol. The van der Waals surface area contributed by atoms with Crippen LogP contribution >= 0.6 is 62.3 Å². The molecule has 0 radical (unpaired) electrons. The van der Waals surface area contributed by atoms with Crippen molar-refractivity contribution >= 4 is 80.4 Å². The summed E-state index contributed by atoms with van der Waals surface area (Å²) in [7, 11) is 0. The number of nitrogens with zero attached hydrogens (tertiary/aromatic N) is 1. The Hall–Kier alpha value is -2.09. The average molecular weight is 561 g/mol. The van der Waals surface area contributed by atoms with Gasteiger partial charge in [0.05, 0.1) is 27.4 Å². The predicted octanol–water partition coefficient (Wildman–Crippen LogP) is 7.05. The van der Waals surface area contributed by atoms with E-state index >= 15 is 0 Å². The van der Waals surface area contributed by atoms with E-state index in [0.29, 0.717) is 20.1 Å². The van der Waals surface area contributed by atoms with Crippen molar-refractivity contribution in [2.75, 3.05) is 0 Å². The van der Waals surface area contributed by atoms with Crippen LogP contribution in [0.5, 0.6) is 5.75 Å². The van der Waals surface area contributed by atoms with Crippen molar-refractivity contribution in [3.8, 4) is 5.75 Å². The first-order valence-corrected chi connectivity index (χ1v) is 10.8. The van der Waals surface area contributed by atoms with E-state index in [9.17, 15) is 9.59 Å². The van der Waals surface area contributed by atoms with Gasteiger partial charge < -0.3 is 4.74 Å². The van der Waals surface area contributed by atoms with Crippen molar-refractivity contribution in [3.63, 3.8) is 0 Å². The molecule has 10 heteroatoms. The number of hydrazone groups is 1. The van der Waals surface area contributed by atoms with Gasteiger partial charge in [-0.15, -0.1) is 0 Å². The Morgan fingerprint density at radius 2 is 1.48 bits per heavy atom. The summed E-state index contributed by atoms with van der Waals surface area (Å²) in [6.45, 7) is 0. The lowest BCUT2D eigenvalue weighted by Gasteiger charge is -2.09. The molecule has 0 aliphatic carbocycles. The highest BCUT2D eigenvalue weighted by Gasteiger charge is 2.15. The number of nitrogens with one attached hydrogen (secondary N) is 1. The van der Waals surface area contributed by atoms with E-state index in [-0.39, 0.29) is 26.9 Å². The molecule has 0 saturated carbocycles. The quantitative estimate of drug-likeness (QED) is 0.157. The smallest absolute Gasteiger partial charge is 0.345 e. The van der Waals surface area contributed by atoms with E-state index in [1.54, 1.807) is 24.3 Å². The molecule has 0 unspecified atom stereocenters. The molecule has 158 valence electrons. The number of esters is 1. The SMILES string of the molecule is O=C(N/N=C\c1cc(Br)ccc1OC(=O)c1ccc(Cl)cc1Cl)c1ccc(Cl)cc1Cl. The monoisotopic (exact) mass is 558 g/mol. The van der Waals surface area contributed by atoms with Crippen molar-refractivity contribution in [2.45, 2.75) is 0 Å². The summed E-state index contributed by atoms with van der Waals surface area (Å²) in [5, 5.41) is 5.08. The Bertz CT molecular complexity index is 1200. The topological polar surface area (TPSA) is 67.8 Å². The molecular formula is C21H11BrCl4N2O3. The van der Waals surface area contributed by atoms with Crippen LogP contribution in [0.1, 0.15) is 26.3 Å². The van der Waals surface area contributed by atoms with Gasteiger partial charge in [0.2, 0.25) is 0 Å². The van der Waals surface area contributed by atoms with E-state index < -0.39 is 11.9 Å². The Labute approximate surface area is 206 Å². The Morgan fingerprint density at radius 3 is 2.10 bits per heavy atom. The molecule has 0 aliphatic rings. The molecule has 3 rings (SSSR count). The minimum absolute atomic E-state index is 0.155. The number of hydrogen-bond donors (Lipinski definition) is 1. The lowest BCUT2D eigenvalue weighted by Crippen LogP contribution is -2.18. The van der Waals surface area contributed by atoms with Crippen LogP contribution in [0.25, 0.3) is 0 Å². The number of halogens is 5.